The van der Waals surface area contributed by atoms with Crippen LogP contribution in [0, 0.1) is 12.7 Å². The fourth-order valence-corrected chi connectivity index (χ4v) is 2.10. The van der Waals surface area contributed by atoms with Crippen LogP contribution in [0.15, 0.2) is 12.1 Å². The number of benzene rings is 1. The first-order valence-electron chi connectivity index (χ1n) is 6.43. The lowest BCUT2D eigenvalue weighted by atomic mass is 9.77. The predicted molar refractivity (Wildman–Crippen MR) is 72.8 cm³/mol. The average molecular weight is 266 g/mol. The molecule has 1 N–H and O–H groups in total. The zero-order chi connectivity index (χ0) is 14.4. The van der Waals surface area contributed by atoms with E-state index in [9.17, 15) is 9.50 Å². The van der Waals surface area contributed by atoms with Crippen molar-refractivity contribution in [2.75, 3.05) is 0 Å². The van der Waals surface area contributed by atoms with Crippen LogP contribution in [0.5, 0.6) is 0 Å². The Balaban J connectivity index is 2.37. The molecule has 1 aromatic carbocycles. The molecule has 0 aromatic heterocycles. The molecular weight excluding hydrogens is 246 g/mol. The van der Waals surface area contributed by atoms with Gasteiger partial charge in [0.1, 0.15) is 5.82 Å². The molecule has 1 aromatic rings. The third kappa shape index (κ3) is 2.42. The van der Waals surface area contributed by atoms with Gasteiger partial charge in [-0.25, -0.2) is 4.39 Å². The van der Waals surface area contributed by atoms with Crippen LogP contribution in [0.1, 0.15) is 38.8 Å². The molecule has 2 rings (SSSR count). The van der Waals surface area contributed by atoms with E-state index in [1.165, 1.54) is 0 Å². The first-order chi connectivity index (χ1) is 8.68. The highest BCUT2D eigenvalue weighted by Crippen LogP contribution is 2.36. The van der Waals surface area contributed by atoms with E-state index in [0.717, 1.165) is 5.46 Å². The van der Waals surface area contributed by atoms with Crippen molar-refractivity contribution in [3.05, 3.63) is 29.1 Å². The summed E-state index contributed by atoms with van der Waals surface area (Å²) in [5.41, 5.74) is 0.626. The number of halogens is 1. The second-order valence-electron chi connectivity index (χ2n) is 6.06. The normalized spacial score (nSPS) is 20.9. The molecule has 1 aliphatic rings. The molecule has 1 aliphatic heterocycles. The van der Waals surface area contributed by atoms with Crippen molar-refractivity contribution in [2.24, 2.45) is 0 Å². The number of aryl methyl sites for hydroxylation is 1. The number of hydrogen-bond donors (Lipinski definition) is 1. The Morgan fingerprint density at radius 3 is 2.16 bits per heavy atom. The zero-order valence-corrected chi connectivity index (χ0v) is 12.1. The summed E-state index contributed by atoms with van der Waals surface area (Å²) in [7, 11) is -0.533. The average Bonchev–Trinajstić information content (AvgIpc) is 2.52. The lowest BCUT2D eigenvalue weighted by molar-refractivity contribution is 0.00578. The molecule has 1 fully saturated rings. The minimum absolute atomic E-state index is 0.268. The standard InChI is InChI=1S/C14H20BFO3/c1-9-6-11(7-10(8-17)12(9)16)15-18-13(2,3)14(4,5)19-15/h6-7,17H,8H2,1-5H3. The van der Waals surface area contributed by atoms with Crippen LogP contribution in [0.25, 0.3) is 0 Å². The monoisotopic (exact) mass is 266 g/mol. The van der Waals surface area contributed by atoms with Gasteiger partial charge in [-0.15, -0.1) is 0 Å². The van der Waals surface area contributed by atoms with E-state index in [-0.39, 0.29) is 18.0 Å². The molecule has 3 nitrogen and oxygen atoms in total. The largest absolute Gasteiger partial charge is 0.494 e. The summed E-state index contributed by atoms with van der Waals surface area (Å²) in [6, 6.07) is 3.31. The maximum atomic E-state index is 13.7. The SMILES string of the molecule is Cc1cc(B2OC(C)(C)C(C)(C)O2)cc(CO)c1F. The van der Waals surface area contributed by atoms with E-state index in [1.807, 2.05) is 27.7 Å². The molecular formula is C14H20BFO3. The van der Waals surface area contributed by atoms with E-state index in [4.69, 9.17) is 9.31 Å². The van der Waals surface area contributed by atoms with Crippen LogP contribution < -0.4 is 5.46 Å². The summed E-state index contributed by atoms with van der Waals surface area (Å²) in [5, 5.41) is 9.19. The van der Waals surface area contributed by atoms with Crippen molar-refractivity contribution < 1.29 is 18.8 Å². The molecule has 5 heteroatoms. The molecule has 104 valence electrons. The fraction of sp³-hybridized carbons (Fsp3) is 0.571. The smallest absolute Gasteiger partial charge is 0.399 e. The summed E-state index contributed by atoms with van der Waals surface area (Å²) in [5.74, 6) is -0.372. The van der Waals surface area contributed by atoms with Crippen molar-refractivity contribution in [2.45, 2.75) is 52.4 Å². The number of aliphatic hydroxyl groups excluding tert-OH is 1. The lowest BCUT2D eigenvalue weighted by Gasteiger charge is -2.32. The van der Waals surface area contributed by atoms with E-state index >= 15 is 0 Å². The number of hydrogen-bond acceptors (Lipinski definition) is 3. The summed E-state index contributed by atoms with van der Waals surface area (Å²) in [6.07, 6.45) is 0. The molecule has 0 atom stereocenters. The quantitative estimate of drug-likeness (QED) is 0.831. The van der Waals surface area contributed by atoms with Gasteiger partial charge in [0.15, 0.2) is 0 Å². The second kappa shape index (κ2) is 4.58. The molecule has 0 bridgehead atoms. The topological polar surface area (TPSA) is 38.7 Å². The predicted octanol–water partition coefficient (Wildman–Crippen LogP) is 1.93. The summed E-state index contributed by atoms with van der Waals surface area (Å²) in [6.45, 7) is 9.21. The van der Waals surface area contributed by atoms with Crippen LogP contribution >= 0.6 is 0 Å². The number of aliphatic hydroxyl groups is 1. The molecule has 1 saturated heterocycles. The molecule has 0 unspecified atom stereocenters. The maximum absolute atomic E-state index is 13.7. The Hall–Kier alpha value is -0.905. The molecule has 0 aliphatic carbocycles. The number of rotatable bonds is 2. The van der Waals surface area contributed by atoms with Gasteiger partial charge in [0, 0.05) is 5.56 Å². The van der Waals surface area contributed by atoms with E-state index in [1.54, 1.807) is 19.1 Å². The van der Waals surface area contributed by atoms with Crippen LogP contribution in [0.3, 0.4) is 0 Å². The molecule has 0 spiro atoms. The molecule has 0 amide bonds. The van der Waals surface area contributed by atoms with Crippen molar-refractivity contribution >= 4 is 12.6 Å². The molecule has 0 saturated carbocycles. The molecule has 19 heavy (non-hydrogen) atoms. The highest BCUT2D eigenvalue weighted by molar-refractivity contribution is 6.62. The Morgan fingerprint density at radius 1 is 1.16 bits per heavy atom. The van der Waals surface area contributed by atoms with Gasteiger partial charge in [0.2, 0.25) is 0 Å². The summed E-state index contributed by atoms with van der Waals surface area (Å²) in [4.78, 5) is 0. The third-order valence-corrected chi connectivity index (χ3v) is 4.05. The van der Waals surface area contributed by atoms with Gasteiger partial charge >= 0.3 is 7.12 Å². The van der Waals surface area contributed by atoms with Crippen LogP contribution in [-0.4, -0.2) is 23.4 Å². The van der Waals surface area contributed by atoms with Gasteiger partial charge in [0.05, 0.1) is 17.8 Å². The van der Waals surface area contributed by atoms with Gasteiger partial charge in [-0.3, -0.25) is 0 Å². The maximum Gasteiger partial charge on any atom is 0.494 e. The van der Waals surface area contributed by atoms with E-state index in [0.29, 0.717) is 5.56 Å². The van der Waals surface area contributed by atoms with Crippen LogP contribution in [0.4, 0.5) is 4.39 Å². The summed E-state index contributed by atoms with van der Waals surface area (Å²) >= 11 is 0. The van der Waals surface area contributed by atoms with Gasteiger partial charge in [-0.05, 0) is 45.6 Å². The first kappa shape index (κ1) is 14.5. The van der Waals surface area contributed by atoms with Gasteiger partial charge in [-0.1, -0.05) is 12.1 Å². The second-order valence-corrected chi connectivity index (χ2v) is 6.06. The van der Waals surface area contributed by atoms with Crippen LogP contribution in [-0.2, 0) is 15.9 Å². The molecule has 0 radical (unpaired) electrons. The van der Waals surface area contributed by atoms with Crippen molar-refractivity contribution in [1.29, 1.82) is 0 Å². The Labute approximate surface area is 113 Å². The fourth-order valence-electron chi connectivity index (χ4n) is 2.10. The Morgan fingerprint density at radius 2 is 1.68 bits per heavy atom. The van der Waals surface area contributed by atoms with Crippen molar-refractivity contribution in [3.8, 4) is 0 Å². The summed E-state index contributed by atoms with van der Waals surface area (Å²) < 4.78 is 25.6. The highest BCUT2D eigenvalue weighted by Gasteiger charge is 2.51. The highest BCUT2D eigenvalue weighted by atomic mass is 19.1. The Kier molecular flexibility index (Phi) is 3.50. The van der Waals surface area contributed by atoms with Gasteiger partial charge < -0.3 is 14.4 Å². The first-order valence-corrected chi connectivity index (χ1v) is 6.43. The van der Waals surface area contributed by atoms with Crippen LogP contribution in [0.2, 0.25) is 0 Å². The zero-order valence-electron chi connectivity index (χ0n) is 12.1. The van der Waals surface area contributed by atoms with E-state index < -0.39 is 18.3 Å². The minimum atomic E-state index is -0.533. The Bertz CT molecular complexity index is 484. The lowest BCUT2D eigenvalue weighted by Crippen LogP contribution is -2.41. The third-order valence-electron chi connectivity index (χ3n) is 4.05. The van der Waals surface area contributed by atoms with Gasteiger partial charge in [-0.2, -0.15) is 0 Å². The van der Waals surface area contributed by atoms with E-state index in [2.05, 4.69) is 0 Å². The molecule has 1 heterocycles. The van der Waals surface area contributed by atoms with Crippen molar-refractivity contribution in [3.63, 3.8) is 0 Å². The minimum Gasteiger partial charge on any atom is -0.399 e. The van der Waals surface area contributed by atoms with Gasteiger partial charge in [0.25, 0.3) is 0 Å². The van der Waals surface area contributed by atoms with Crippen molar-refractivity contribution in [1.82, 2.24) is 0 Å².